The van der Waals surface area contributed by atoms with Gasteiger partial charge in [-0.15, -0.1) is 16.7 Å². The van der Waals surface area contributed by atoms with Crippen molar-refractivity contribution in [3.05, 3.63) is 39.6 Å². The van der Waals surface area contributed by atoms with Gasteiger partial charge in [0.1, 0.15) is 0 Å². The molecule has 0 fully saturated rings. The number of aromatic nitrogens is 3. The second kappa shape index (κ2) is 4.51. The Morgan fingerprint density at radius 1 is 1.40 bits per heavy atom. The van der Waals surface area contributed by atoms with Crippen LogP contribution in [0.2, 0.25) is 5.02 Å². The summed E-state index contributed by atoms with van der Waals surface area (Å²) >= 11 is 14.9. The van der Waals surface area contributed by atoms with E-state index in [-0.39, 0.29) is 0 Å². The topological polar surface area (TPSA) is 30.7 Å². The molecule has 78 valence electrons. The molecule has 0 aliphatic heterocycles. The normalized spacial score (nSPS) is 10.6. The SMILES string of the molecule is ClCc1cn(-c2ccc(Cl)cc2Br)nn1. The summed E-state index contributed by atoms with van der Waals surface area (Å²) < 4.78 is 2.51. The number of halogens is 3. The van der Waals surface area contributed by atoms with Gasteiger partial charge >= 0.3 is 0 Å². The maximum absolute atomic E-state index is 5.84. The van der Waals surface area contributed by atoms with Crippen molar-refractivity contribution in [2.24, 2.45) is 0 Å². The van der Waals surface area contributed by atoms with Crippen molar-refractivity contribution in [2.75, 3.05) is 0 Å². The molecule has 3 nitrogen and oxygen atoms in total. The number of nitrogens with zero attached hydrogens (tertiary/aromatic N) is 3. The third-order valence-corrected chi connectivity index (χ3v) is 2.98. The fraction of sp³-hybridized carbons (Fsp3) is 0.111. The Hall–Kier alpha value is -0.580. The number of alkyl halides is 1. The fourth-order valence-corrected chi connectivity index (χ4v) is 2.13. The minimum Gasteiger partial charge on any atom is -0.219 e. The van der Waals surface area contributed by atoms with E-state index in [0.29, 0.717) is 10.9 Å². The van der Waals surface area contributed by atoms with Crippen molar-refractivity contribution in [3.8, 4) is 5.69 Å². The van der Waals surface area contributed by atoms with Crippen molar-refractivity contribution in [3.63, 3.8) is 0 Å². The molecular weight excluding hydrogens is 301 g/mol. The highest BCUT2D eigenvalue weighted by molar-refractivity contribution is 9.10. The Kier molecular flexibility index (Phi) is 3.29. The first-order valence-electron chi connectivity index (χ1n) is 4.13. The minimum absolute atomic E-state index is 0.352. The first kappa shape index (κ1) is 10.9. The molecular formula is C9H6BrCl2N3. The molecule has 0 aliphatic rings. The van der Waals surface area contributed by atoms with Crippen LogP contribution < -0.4 is 0 Å². The largest absolute Gasteiger partial charge is 0.219 e. The van der Waals surface area contributed by atoms with E-state index in [1.54, 1.807) is 23.0 Å². The standard InChI is InChI=1S/C9H6BrCl2N3/c10-8-3-6(12)1-2-9(8)15-5-7(4-11)13-14-15/h1-3,5H,4H2. The molecule has 0 aliphatic carbocycles. The quantitative estimate of drug-likeness (QED) is 0.796. The summed E-state index contributed by atoms with van der Waals surface area (Å²) in [4.78, 5) is 0. The van der Waals surface area contributed by atoms with Gasteiger partial charge in [0.15, 0.2) is 0 Å². The van der Waals surface area contributed by atoms with Gasteiger partial charge in [0, 0.05) is 9.50 Å². The summed E-state index contributed by atoms with van der Waals surface area (Å²) in [7, 11) is 0. The van der Waals surface area contributed by atoms with Crippen LogP contribution in [0.4, 0.5) is 0 Å². The molecule has 15 heavy (non-hydrogen) atoms. The van der Waals surface area contributed by atoms with Gasteiger partial charge in [-0.05, 0) is 34.1 Å². The zero-order valence-electron chi connectivity index (χ0n) is 7.49. The molecule has 6 heteroatoms. The van der Waals surface area contributed by atoms with E-state index in [2.05, 4.69) is 26.2 Å². The van der Waals surface area contributed by atoms with Crippen LogP contribution in [0.5, 0.6) is 0 Å². The van der Waals surface area contributed by atoms with E-state index < -0.39 is 0 Å². The molecule has 1 aromatic carbocycles. The zero-order chi connectivity index (χ0) is 10.8. The lowest BCUT2D eigenvalue weighted by Crippen LogP contribution is -1.95. The molecule has 0 atom stereocenters. The fourth-order valence-electron chi connectivity index (χ4n) is 1.14. The van der Waals surface area contributed by atoms with E-state index in [9.17, 15) is 0 Å². The minimum atomic E-state index is 0.352. The van der Waals surface area contributed by atoms with Crippen LogP contribution in [0.15, 0.2) is 28.9 Å². The third-order valence-electron chi connectivity index (χ3n) is 1.83. The molecule has 1 aromatic heterocycles. The molecule has 0 spiro atoms. The molecule has 0 radical (unpaired) electrons. The Balaban J connectivity index is 2.44. The molecule has 0 saturated carbocycles. The Labute approximate surface area is 105 Å². The van der Waals surface area contributed by atoms with Crippen LogP contribution in [0.25, 0.3) is 5.69 Å². The van der Waals surface area contributed by atoms with Crippen LogP contribution in [-0.2, 0) is 5.88 Å². The molecule has 0 N–H and O–H groups in total. The number of hydrogen-bond donors (Lipinski definition) is 0. The van der Waals surface area contributed by atoms with E-state index in [1.807, 2.05) is 6.07 Å². The van der Waals surface area contributed by atoms with Gasteiger partial charge in [-0.2, -0.15) is 0 Å². The second-order valence-corrected chi connectivity index (χ2v) is 4.44. The summed E-state index contributed by atoms with van der Waals surface area (Å²) in [5, 5.41) is 8.53. The van der Waals surface area contributed by atoms with E-state index in [1.165, 1.54) is 0 Å². The highest BCUT2D eigenvalue weighted by atomic mass is 79.9. The number of hydrogen-bond acceptors (Lipinski definition) is 2. The second-order valence-electron chi connectivity index (χ2n) is 2.88. The Bertz CT molecular complexity index is 484. The van der Waals surface area contributed by atoms with Crippen molar-refractivity contribution < 1.29 is 0 Å². The average Bonchev–Trinajstić information content (AvgIpc) is 2.66. The molecule has 2 rings (SSSR count). The van der Waals surface area contributed by atoms with Crippen molar-refractivity contribution in [1.82, 2.24) is 15.0 Å². The van der Waals surface area contributed by atoms with Crippen molar-refractivity contribution in [2.45, 2.75) is 5.88 Å². The van der Waals surface area contributed by atoms with Crippen LogP contribution in [0.1, 0.15) is 5.69 Å². The molecule has 0 amide bonds. The molecule has 0 saturated heterocycles. The third kappa shape index (κ3) is 2.33. The van der Waals surface area contributed by atoms with Gasteiger partial charge < -0.3 is 0 Å². The van der Waals surface area contributed by atoms with Crippen LogP contribution in [0, 0.1) is 0 Å². The predicted molar refractivity (Wildman–Crippen MR) is 63.6 cm³/mol. The van der Waals surface area contributed by atoms with E-state index in [4.69, 9.17) is 23.2 Å². The molecule has 0 bridgehead atoms. The zero-order valence-corrected chi connectivity index (χ0v) is 10.6. The maximum atomic E-state index is 5.84. The summed E-state index contributed by atoms with van der Waals surface area (Å²) in [5.74, 6) is 0.352. The predicted octanol–water partition coefficient (Wildman–Crippen LogP) is 3.42. The van der Waals surface area contributed by atoms with Gasteiger partial charge in [0.2, 0.25) is 0 Å². The monoisotopic (exact) mass is 305 g/mol. The van der Waals surface area contributed by atoms with Crippen molar-refractivity contribution in [1.29, 1.82) is 0 Å². The number of rotatable bonds is 2. The lowest BCUT2D eigenvalue weighted by Gasteiger charge is -2.02. The van der Waals surface area contributed by atoms with Gasteiger partial charge in [-0.3, -0.25) is 0 Å². The summed E-state index contributed by atoms with van der Waals surface area (Å²) in [6.07, 6.45) is 1.78. The van der Waals surface area contributed by atoms with Crippen LogP contribution >= 0.6 is 39.1 Å². The summed E-state index contributed by atoms with van der Waals surface area (Å²) in [6, 6.07) is 5.46. The highest BCUT2D eigenvalue weighted by Crippen LogP contribution is 2.24. The smallest absolute Gasteiger partial charge is 0.0979 e. The average molecular weight is 307 g/mol. The summed E-state index contributed by atoms with van der Waals surface area (Å²) in [6.45, 7) is 0. The first-order chi connectivity index (χ1) is 7.20. The highest BCUT2D eigenvalue weighted by Gasteiger charge is 2.05. The molecule has 1 heterocycles. The van der Waals surface area contributed by atoms with Gasteiger partial charge in [-0.1, -0.05) is 16.8 Å². The Morgan fingerprint density at radius 2 is 2.20 bits per heavy atom. The maximum Gasteiger partial charge on any atom is 0.0979 e. The molecule has 0 unspecified atom stereocenters. The lowest BCUT2D eigenvalue weighted by molar-refractivity contribution is 0.797. The van der Waals surface area contributed by atoms with Gasteiger partial charge in [0.25, 0.3) is 0 Å². The first-order valence-corrected chi connectivity index (χ1v) is 5.84. The van der Waals surface area contributed by atoms with Gasteiger partial charge in [0.05, 0.1) is 23.5 Å². The summed E-state index contributed by atoms with van der Waals surface area (Å²) in [5.41, 5.74) is 1.61. The lowest BCUT2D eigenvalue weighted by atomic mass is 10.3. The van der Waals surface area contributed by atoms with Crippen molar-refractivity contribution >= 4 is 39.1 Å². The van der Waals surface area contributed by atoms with Gasteiger partial charge in [-0.25, -0.2) is 4.68 Å². The molecule has 2 aromatic rings. The van der Waals surface area contributed by atoms with Crippen LogP contribution in [0.3, 0.4) is 0 Å². The number of benzene rings is 1. The van der Waals surface area contributed by atoms with E-state index in [0.717, 1.165) is 15.9 Å². The Morgan fingerprint density at radius 3 is 2.80 bits per heavy atom. The van der Waals surface area contributed by atoms with Crippen LogP contribution in [-0.4, -0.2) is 15.0 Å². The van der Waals surface area contributed by atoms with E-state index >= 15 is 0 Å².